The summed E-state index contributed by atoms with van der Waals surface area (Å²) in [5.41, 5.74) is -1.23. The first kappa shape index (κ1) is 14.2. The highest BCUT2D eigenvalue weighted by Gasteiger charge is 2.39. The molecule has 0 saturated carbocycles. The normalized spacial score (nSPS) is 14.8. The molecule has 0 aromatic carbocycles. The van der Waals surface area contributed by atoms with Crippen LogP contribution in [-0.4, -0.2) is 11.4 Å². The molecular formula is C12H15BrN2OS. The Kier molecular flexibility index (Phi) is 4.00. The van der Waals surface area contributed by atoms with E-state index in [9.17, 15) is 10.1 Å². The van der Waals surface area contributed by atoms with Gasteiger partial charge in [-0.25, -0.2) is 0 Å². The van der Waals surface area contributed by atoms with Gasteiger partial charge in [-0.15, -0.1) is 11.3 Å². The van der Waals surface area contributed by atoms with Gasteiger partial charge in [0.2, 0.25) is 0 Å². The van der Waals surface area contributed by atoms with Crippen molar-refractivity contribution in [1.29, 1.82) is 5.26 Å². The molecule has 0 unspecified atom stereocenters. The second-order valence-corrected chi connectivity index (χ2v) is 6.81. The molecule has 0 aliphatic heterocycles. The molecule has 1 amide bonds. The summed E-state index contributed by atoms with van der Waals surface area (Å²) in [4.78, 5) is 12.7. The first-order valence-corrected chi connectivity index (χ1v) is 6.85. The van der Waals surface area contributed by atoms with E-state index in [1.807, 2.05) is 32.2 Å². The number of nitriles is 1. The van der Waals surface area contributed by atoms with Gasteiger partial charge in [-0.05, 0) is 39.7 Å². The predicted molar refractivity (Wildman–Crippen MR) is 73.0 cm³/mol. The van der Waals surface area contributed by atoms with E-state index in [4.69, 9.17) is 0 Å². The van der Waals surface area contributed by atoms with Crippen LogP contribution in [0.15, 0.2) is 15.9 Å². The molecule has 0 saturated heterocycles. The van der Waals surface area contributed by atoms with Crippen LogP contribution < -0.4 is 5.32 Å². The van der Waals surface area contributed by atoms with Crippen LogP contribution in [0.2, 0.25) is 0 Å². The standard InChI is InChI=1S/C12H15BrN2OS/c1-11(2,3)12(4,7-14)15-10(16)9-8(13)5-6-17-9/h5-6H,1-4H3,(H,15,16)/t12-/m1/s1. The van der Waals surface area contributed by atoms with E-state index in [-0.39, 0.29) is 11.3 Å². The quantitative estimate of drug-likeness (QED) is 0.907. The second kappa shape index (κ2) is 4.79. The number of hydrogen-bond donors (Lipinski definition) is 1. The average Bonchev–Trinajstić information content (AvgIpc) is 2.62. The maximum absolute atomic E-state index is 12.1. The highest BCUT2D eigenvalue weighted by atomic mass is 79.9. The van der Waals surface area contributed by atoms with Gasteiger partial charge in [-0.3, -0.25) is 4.79 Å². The minimum Gasteiger partial charge on any atom is -0.333 e. The molecule has 1 heterocycles. The van der Waals surface area contributed by atoms with E-state index in [1.165, 1.54) is 11.3 Å². The summed E-state index contributed by atoms with van der Waals surface area (Å²) in [5.74, 6) is -0.217. The second-order valence-electron chi connectivity index (χ2n) is 5.04. The monoisotopic (exact) mass is 314 g/mol. The number of carbonyl (C=O) groups is 1. The van der Waals surface area contributed by atoms with Crippen molar-refractivity contribution in [3.63, 3.8) is 0 Å². The molecule has 3 nitrogen and oxygen atoms in total. The van der Waals surface area contributed by atoms with Crippen LogP contribution in [0, 0.1) is 16.7 Å². The Morgan fingerprint density at radius 1 is 1.47 bits per heavy atom. The van der Waals surface area contributed by atoms with Crippen molar-refractivity contribution >= 4 is 33.2 Å². The fourth-order valence-electron chi connectivity index (χ4n) is 1.12. The number of halogens is 1. The summed E-state index contributed by atoms with van der Waals surface area (Å²) in [5, 5.41) is 13.9. The Hall–Kier alpha value is -0.860. The van der Waals surface area contributed by atoms with E-state index in [2.05, 4.69) is 27.3 Å². The van der Waals surface area contributed by atoms with Gasteiger partial charge in [0.15, 0.2) is 0 Å². The van der Waals surface area contributed by atoms with Gasteiger partial charge in [-0.1, -0.05) is 20.8 Å². The Labute approximate surface area is 114 Å². The van der Waals surface area contributed by atoms with E-state index in [0.29, 0.717) is 4.88 Å². The predicted octanol–water partition coefficient (Wildman–Crippen LogP) is 3.57. The molecule has 1 aromatic rings. The molecule has 0 spiro atoms. The van der Waals surface area contributed by atoms with Crippen molar-refractivity contribution in [1.82, 2.24) is 5.32 Å². The summed E-state index contributed by atoms with van der Waals surface area (Å²) in [6, 6.07) is 4.01. The van der Waals surface area contributed by atoms with Crippen LogP contribution >= 0.6 is 27.3 Å². The van der Waals surface area contributed by atoms with E-state index >= 15 is 0 Å². The molecule has 5 heteroatoms. The highest BCUT2D eigenvalue weighted by Crippen LogP contribution is 2.31. The third kappa shape index (κ3) is 2.88. The summed E-state index contributed by atoms with van der Waals surface area (Å²) in [6.07, 6.45) is 0. The Balaban J connectivity index is 2.96. The van der Waals surface area contributed by atoms with Gasteiger partial charge in [0, 0.05) is 4.47 Å². The highest BCUT2D eigenvalue weighted by molar-refractivity contribution is 9.10. The summed E-state index contributed by atoms with van der Waals surface area (Å²) < 4.78 is 0.759. The van der Waals surface area contributed by atoms with Gasteiger partial charge in [0.25, 0.3) is 5.91 Å². The van der Waals surface area contributed by atoms with Crippen LogP contribution in [0.4, 0.5) is 0 Å². The Morgan fingerprint density at radius 3 is 2.41 bits per heavy atom. The maximum Gasteiger partial charge on any atom is 0.263 e. The zero-order chi connectivity index (χ0) is 13.3. The van der Waals surface area contributed by atoms with Crippen molar-refractivity contribution in [3.05, 3.63) is 20.8 Å². The van der Waals surface area contributed by atoms with Gasteiger partial charge >= 0.3 is 0 Å². The van der Waals surface area contributed by atoms with Crippen LogP contribution in [0.5, 0.6) is 0 Å². The SMILES string of the molecule is CC(C)(C)[C@@](C)(C#N)NC(=O)c1sccc1Br. The molecule has 92 valence electrons. The fraction of sp³-hybridized carbons (Fsp3) is 0.500. The van der Waals surface area contributed by atoms with Crippen molar-refractivity contribution in [2.75, 3.05) is 0 Å². The summed E-state index contributed by atoms with van der Waals surface area (Å²) in [6.45, 7) is 7.53. The molecule has 0 fully saturated rings. The van der Waals surface area contributed by atoms with Gasteiger partial charge in [0.05, 0.1) is 6.07 Å². The van der Waals surface area contributed by atoms with Crippen molar-refractivity contribution in [2.45, 2.75) is 33.2 Å². The van der Waals surface area contributed by atoms with E-state index in [1.54, 1.807) is 6.92 Å². The zero-order valence-corrected chi connectivity index (χ0v) is 12.7. The van der Waals surface area contributed by atoms with Crippen molar-refractivity contribution in [3.8, 4) is 6.07 Å². The lowest BCUT2D eigenvalue weighted by molar-refractivity contribution is 0.0871. The molecule has 0 radical (unpaired) electrons. The van der Waals surface area contributed by atoms with Gasteiger partial charge in [-0.2, -0.15) is 5.26 Å². The van der Waals surface area contributed by atoms with Crippen molar-refractivity contribution in [2.24, 2.45) is 5.41 Å². The smallest absolute Gasteiger partial charge is 0.263 e. The third-order valence-corrected chi connectivity index (χ3v) is 4.75. The van der Waals surface area contributed by atoms with Crippen molar-refractivity contribution < 1.29 is 4.79 Å². The molecule has 17 heavy (non-hydrogen) atoms. The fourth-order valence-corrected chi connectivity index (χ4v) is 2.57. The van der Waals surface area contributed by atoms with Crippen LogP contribution in [0.25, 0.3) is 0 Å². The zero-order valence-electron chi connectivity index (χ0n) is 10.3. The molecule has 0 bridgehead atoms. The van der Waals surface area contributed by atoms with E-state index < -0.39 is 5.54 Å². The summed E-state index contributed by atoms with van der Waals surface area (Å²) in [7, 11) is 0. The minimum absolute atomic E-state index is 0.217. The Bertz CT molecular complexity index is 470. The molecule has 1 aromatic heterocycles. The van der Waals surface area contributed by atoms with Crippen LogP contribution in [0.1, 0.15) is 37.4 Å². The molecule has 1 N–H and O–H groups in total. The molecule has 1 rings (SSSR count). The number of amides is 1. The molecule has 1 atom stereocenters. The average molecular weight is 315 g/mol. The van der Waals surface area contributed by atoms with E-state index in [0.717, 1.165) is 4.47 Å². The number of hydrogen-bond acceptors (Lipinski definition) is 3. The van der Waals surface area contributed by atoms with Gasteiger partial charge in [0.1, 0.15) is 10.4 Å². The molecule has 0 aliphatic rings. The lowest BCUT2D eigenvalue weighted by Gasteiger charge is -2.36. The number of rotatable bonds is 2. The number of carbonyl (C=O) groups excluding carboxylic acids is 1. The minimum atomic E-state index is -0.895. The molecule has 0 aliphatic carbocycles. The number of nitrogens with one attached hydrogen (secondary N) is 1. The first-order valence-electron chi connectivity index (χ1n) is 5.18. The molecular weight excluding hydrogens is 300 g/mol. The van der Waals surface area contributed by atoms with Crippen LogP contribution in [0.3, 0.4) is 0 Å². The first-order chi connectivity index (χ1) is 7.71. The topological polar surface area (TPSA) is 52.9 Å². The lowest BCUT2D eigenvalue weighted by atomic mass is 9.76. The summed E-state index contributed by atoms with van der Waals surface area (Å²) >= 11 is 4.66. The maximum atomic E-state index is 12.1. The number of nitrogens with zero attached hydrogens (tertiary/aromatic N) is 1. The lowest BCUT2D eigenvalue weighted by Crippen LogP contribution is -2.53. The largest absolute Gasteiger partial charge is 0.333 e. The third-order valence-electron chi connectivity index (χ3n) is 2.91. The van der Waals surface area contributed by atoms with Gasteiger partial charge < -0.3 is 5.32 Å². The van der Waals surface area contributed by atoms with Crippen LogP contribution in [-0.2, 0) is 0 Å². The Morgan fingerprint density at radius 2 is 2.06 bits per heavy atom. The number of thiophene rings is 1.